The Kier molecular flexibility index (Phi) is 2.10. The van der Waals surface area contributed by atoms with Crippen LogP contribution in [-0.4, -0.2) is 19.1 Å². The minimum Gasteiger partial charge on any atom is -0.489 e. The Morgan fingerprint density at radius 1 is 1.46 bits per heavy atom. The molecule has 1 aliphatic rings. The number of carbonyl (C=O) groups is 1. The highest BCUT2D eigenvalue weighted by atomic mass is 35.5. The van der Waals surface area contributed by atoms with Crippen LogP contribution in [0, 0.1) is 0 Å². The van der Waals surface area contributed by atoms with Crippen LogP contribution in [-0.2, 0) is 0 Å². The number of fused-ring (bicyclic) bond motifs is 1. The molecule has 0 aliphatic carbocycles. The third-order valence-electron chi connectivity index (χ3n) is 1.85. The first kappa shape index (κ1) is 8.38. The number of nitrogens with one attached hydrogen (secondary N) is 1. The summed E-state index contributed by atoms with van der Waals surface area (Å²) in [6.45, 7) is 0.978. The first-order valence-electron chi connectivity index (χ1n) is 3.98. The first-order valence-corrected chi connectivity index (χ1v) is 4.36. The second-order valence-corrected chi connectivity index (χ2v) is 3.13. The lowest BCUT2D eigenvalue weighted by molar-refractivity contribution is 0.0957. The third kappa shape index (κ3) is 1.47. The fraction of sp³-hybridized carbons (Fsp3) is 0.222. The third-order valence-corrected chi connectivity index (χ3v) is 2.14. The lowest BCUT2D eigenvalue weighted by Gasteiger charge is -2.05. The summed E-state index contributed by atoms with van der Waals surface area (Å²) in [4.78, 5) is 11.4. The topological polar surface area (TPSA) is 38.3 Å². The van der Waals surface area contributed by atoms with Gasteiger partial charge < -0.3 is 10.1 Å². The summed E-state index contributed by atoms with van der Waals surface area (Å²) < 4.78 is 5.33. The van der Waals surface area contributed by atoms with Gasteiger partial charge >= 0.3 is 0 Å². The Balaban J connectivity index is 2.54. The van der Waals surface area contributed by atoms with Crippen molar-refractivity contribution < 1.29 is 9.53 Å². The van der Waals surface area contributed by atoms with Gasteiger partial charge in [-0.25, -0.2) is 0 Å². The maximum atomic E-state index is 11.4. The molecule has 0 fully saturated rings. The molecule has 68 valence electrons. The van der Waals surface area contributed by atoms with E-state index in [1.165, 1.54) is 0 Å². The van der Waals surface area contributed by atoms with E-state index in [1.54, 1.807) is 18.2 Å². The van der Waals surface area contributed by atoms with Crippen molar-refractivity contribution >= 4 is 17.5 Å². The van der Waals surface area contributed by atoms with Gasteiger partial charge in [0.15, 0.2) is 5.75 Å². The van der Waals surface area contributed by atoms with Gasteiger partial charge in [0, 0.05) is 0 Å². The molecule has 1 N–H and O–H groups in total. The number of para-hydroxylation sites is 1. The summed E-state index contributed by atoms with van der Waals surface area (Å²) in [5.41, 5.74) is 0.505. The lowest BCUT2D eigenvalue weighted by atomic mass is 10.2. The van der Waals surface area contributed by atoms with E-state index in [2.05, 4.69) is 5.32 Å². The van der Waals surface area contributed by atoms with E-state index in [1.807, 2.05) is 0 Å². The number of rotatable bonds is 0. The predicted molar refractivity (Wildman–Crippen MR) is 49.3 cm³/mol. The SMILES string of the molecule is O=C1NCCOc2c(Cl)cccc21. The first-order chi connectivity index (χ1) is 6.29. The van der Waals surface area contributed by atoms with Crippen LogP contribution in [0.15, 0.2) is 18.2 Å². The van der Waals surface area contributed by atoms with Gasteiger partial charge in [-0.1, -0.05) is 17.7 Å². The molecule has 0 saturated carbocycles. The molecule has 1 heterocycles. The molecular formula is C9H8ClNO2. The molecule has 1 aromatic carbocycles. The summed E-state index contributed by atoms with van der Waals surface area (Å²) in [7, 11) is 0. The van der Waals surface area contributed by atoms with Gasteiger partial charge in [0.2, 0.25) is 0 Å². The zero-order valence-electron chi connectivity index (χ0n) is 6.84. The quantitative estimate of drug-likeness (QED) is 0.684. The van der Waals surface area contributed by atoms with Crippen LogP contribution in [0.4, 0.5) is 0 Å². The standard InChI is InChI=1S/C9H8ClNO2/c10-7-3-1-2-6-8(7)13-5-4-11-9(6)12/h1-3H,4-5H2,(H,11,12). The number of amides is 1. The predicted octanol–water partition coefficient (Wildman–Crippen LogP) is 1.46. The number of hydrogen-bond donors (Lipinski definition) is 1. The second kappa shape index (κ2) is 3.26. The molecule has 0 bridgehead atoms. The van der Waals surface area contributed by atoms with Crippen LogP contribution >= 0.6 is 11.6 Å². The number of halogens is 1. The van der Waals surface area contributed by atoms with E-state index in [0.29, 0.717) is 29.5 Å². The Labute approximate surface area is 80.6 Å². The van der Waals surface area contributed by atoms with Gasteiger partial charge in [-0.05, 0) is 12.1 Å². The number of carbonyl (C=O) groups excluding carboxylic acids is 1. The Morgan fingerprint density at radius 2 is 2.31 bits per heavy atom. The van der Waals surface area contributed by atoms with Gasteiger partial charge in [-0.2, -0.15) is 0 Å². The van der Waals surface area contributed by atoms with Gasteiger partial charge in [0.05, 0.1) is 17.1 Å². The Morgan fingerprint density at radius 3 is 3.15 bits per heavy atom. The van der Waals surface area contributed by atoms with Crippen molar-refractivity contribution in [1.29, 1.82) is 0 Å². The van der Waals surface area contributed by atoms with Crippen molar-refractivity contribution in [1.82, 2.24) is 5.32 Å². The summed E-state index contributed by atoms with van der Waals surface area (Å²) in [6.07, 6.45) is 0. The summed E-state index contributed by atoms with van der Waals surface area (Å²) in [5, 5.41) is 3.19. The highest BCUT2D eigenvalue weighted by molar-refractivity contribution is 6.32. The summed E-state index contributed by atoms with van der Waals surface area (Å²) in [5.74, 6) is 0.356. The normalized spacial score (nSPS) is 15.3. The molecule has 0 unspecified atom stereocenters. The minimum atomic E-state index is -0.130. The van der Waals surface area contributed by atoms with Crippen LogP contribution < -0.4 is 10.1 Å². The molecule has 13 heavy (non-hydrogen) atoms. The minimum absolute atomic E-state index is 0.130. The maximum Gasteiger partial charge on any atom is 0.255 e. The van der Waals surface area contributed by atoms with Crippen molar-refractivity contribution in [3.05, 3.63) is 28.8 Å². The zero-order chi connectivity index (χ0) is 9.26. The van der Waals surface area contributed by atoms with E-state index in [4.69, 9.17) is 16.3 Å². The van der Waals surface area contributed by atoms with Crippen molar-refractivity contribution in [2.45, 2.75) is 0 Å². The fourth-order valence-electron chi connectivity index (χ4n) is 1.25. The van der Waals surface area contributed by atoms with E-state index in [9.17, 15) is 4.79 Å². The van der Waals surface area contributed by atoms with Crippen LogP contribution in [0.1, 0.15) is 10.4 Å². The monoisotopic (exact) mass is 197 g/mol. The number of hydrogen-bond acceptors (Lipinski definition) is 2. The van der Waals surface area contributed by atoms with Crippen molar-refractivity contribution in [3.63, 3.8) is 0 Å². The summed E-state index contributed by atoms with van der Waals surface area (Å²) in [6, 6.07) is 5.14. The molecular weight excluding hydrogens is 190 g/mol. The Hall–Kier alpha value is -1.22. The lowest BCUT2D eigenvalue weighted by Crippen LogP contribution is -2.24. The highest BCUT2D eigenvalue weighted by Crippen LogP contribution is 2.29. The van der Waals surface area contributed by atoms with Crippen LogP contribution in [0.5, 0.6) is 5.75 Å². The van der Waals surface area contributed by atoms with Crippen LogP contribution in [0.2, 0.25) is 5.02 Å². The second-order valence-electron chi connectivity index (χ2n) is 2.72. The molecule has 0 radical (unpaired) electrons. The molecule has 0 aromatic heterocycles. The maximum absolute atomic E-state index is 11.4. The zero-order valence-corrected chi connectivity index (χ0v) is 7.60. The van der Waals surface area contributed by atoms with E-state index in [0.717, 1.165) is 0 Å². The average Bonchev–Trinajstić information content (AvgIpc) is 2.30. The Bertz CT molecular complexity index is 351. The fourth-order valence-corrected chi connectivity index (χ4v) is 1.48. The van der Waals surface area contributed by atoms with E-state index >= 15 is 0 Å². The molecule has 1 aliphatic heterocycles. The van der Waals surface area contributed by atoms with Gasteiger partial charge in [-0.15, -0.1) is 0 Å². The largest absolute Gasteiger partial charge is 0.489 e. The van der Waals surface area contributed by atoms with E-state index in [-0.39, 0.29) is 5.91 Å². The molecule has 1 aromatic rings. The molecule has 1 amide bonds. The van der Waals surface area contributed by atoms with Crippen LogP contribution in [0.3, 0.4) is 0 Å². The van der Waals surface area contributed by atoms with Gasteiger partial charge in [-0.3, -0.25) is 4.79 Å². The van der Waals surface area contributed by atoms with Crippen molar-refractivity contribution in [3.8, 4) is 5.75 Å². The molecule has 0 spiro atoms. The molecule has 0 saturated heterocycles. The van der Waals surface area contributed by atoms with Crippen molar-refractivity contribution in [2.75, 3.05) is 13.2 Å². The molecule has 0 atom stereocenters. The number of ether oxygens (including phenoxy) is 1. The van der Waals surface area contributed by atoms with Gasteiger partial charge in [0.25, 0.3) is 5.91 Å². The average molecular weight is 198 g/mol. The molecule has 2 rings (SSSR count). The van der Waals surface area contributed by atoms with Gasteiger partial charge in [0.1, 0.15) is 6.61 Å². The number of benzene rings is 1. The van der Waals surface area contributed by atoms with Crippen molar-refractivity contribution in [2.24, 2.45) is 0 Å². The summed E-state index contributed by atoms with van der Waals surface area (Å²) >= 11 is 5.88. The van der Waals surface area contributed by atoms with E-state index < -0.39 is 0 Å². The molecule has 4 heteroatoms. The highest BCUT2D eigenvalue weighted by Gasteiger charge is 2.17. The smallest absolute Gasteiger partial charge is 0.255 e. The molecule has 3 nitrogen and oxygen atoms in total. The van der Waals surface area contributed by atoms with Crippen LogP contribution in [0.25, 0.3) is 0 Å².